The summed E-state index contributed by atoms with van der Waals surface area (Å²) in [6, 6.07) is 9.76. The Morgan fingerprint density at radius 3 is 2.52 bits per heavy atom. The van der Waals surface area contributed by atoms with Crippen LogP contribution in [0.3, 0.4) is 0 Å². The van der Waals surface area contributed by atoms with E-state index in [0.717, 1.165) is 53.2 Å². The van der Waals surface area contributed by atoms with Crippen molar-refractivity contribution in [2.75, 3.05) is 0 Å². The van der Waals surface area contributed by atoms with Gasteiger partial charge < -0.3 is 0 Å². The molecular weight excluding hydrogens is 420 g/mol. The van der Waals surface area contributed by atoms with E-state index in [0.29, 0.717) is 0 Å². The van der Waals surface area contributed by atoms with Gasteiger partial charge in [0.05, 0.1) is 33.8 Å². The predicted molar refractivity (Wildman–Crippen MR) is 122 cm³/mol. The molecule has 166 valence electrons. The molecule has 1 aromatic carbocycles. The van der Waals surface area contributed by atoms with Crippen LogP contribution < -0.4 is 0 Å². The zero-order valence-electron chi connectivity index (χ0n) is 18.7. The third-order valence-corrected chi connectivity index (χ3v) is 7.90. The second kappa shape index (κ2) is 6.83. The first-order chi connectivity index (χ1) is 15.8. The number of benzene rings is 1. The lowest BCUT2D eigenvalue weighted by Gasteiger charge is -2.37. The Morgan fingerprint density at radius 2 is 1.79 bits per heavy atom. The maximum Gasteiger partial charge on any atom is 0.135 e. The molecule has 1 aliphatic heterocycles. The van der Waals surface area contributed by atoms with E-state index < -0.39 is 17.0 Å². The number of hydrogen-bond donors (Lipinski definition) is 0. The molecular formula is C26H23F2N5. The number of halogens is 2. The average molecular weight is 444 g/mol. The molecule has 2 aliphatic carbocycles. The lowest BCUT2D eigenvalue weighted by atomic mass is 9.66. The third kappa shape index (κ3) is 2.65. The van der Waals surface area contributed by atoms with E-state index in [1.807, 2.05) is 25.3 Å². The van der Waals surface area contributed by atoms with Crippen molar-refractivity contribution in [1.82, 2.24) is 15.2 Å². The van der Waals surface area contributed by atoms with Crippen LogP contribution in [0.1, 0.15) is 68.5 Å². The average Bonchev–Trinajstić information content (AvgIpc) is 3.40. The first-order valence-corrected chi connectivity index (χ1v) is 11.2. The molecule has 6 rings (SSSR count). The molecule has 0 radical (unpaired) electrons. The molecule has 0 saturated heterocycles. The summed E-state index contributed by atoms with van der Waals surface area (Å²) in [4.78, 5) is 4.80. The second-order valence-corrected chi connectivity index (χ2v) is 9.84. The molecule has 2 bridgehead atoms. The van der Waals surface area contributed by atoms with Crippen molar-refractivity contribution in [3.8, 4) is 11.3 Å². The SMILES string of the molecule is CC1=NN=C(c2ccnc([C@@]34CC[C@@H](c5cc(-c6c(F)cccc6F)nnc53)C4(C)C)c2)C1. The molecule has 3 aromatic rings. The Balaban J connectivity index is 1.50. The summed E-state index contributed by atoms with van der Waals surface area (Å²) < 4.78 is 28.9. The molecule has 7 heteroatoms. The van der Waals surface area contributed by atoms with Crippen molar-refractivity contribution >= 4 is 11.4 Å². The van der Waals surface area contributed by atoms with Gasteiger partial charge in [0.25, 0.3) is 0 Å². The van der Waals surface area contributed by atoms with Crippen LogP contribution in [-0.2, 0) is 5.41 Å². The lowest BCUT2D eigenvalue weighted by molar-refractivity contribution is 0.243. The fourth-order valence-corrected chi connectivity index (χ4v) is 6.22. The smallest absolute Gasteiger partial charge is 0.135 e. The Morgan fingerprint density at radius 1 is 1.00 bits per heavy atom. The van der Waals surface area contributed by atoms with Crippen LogP contribution in [0.25, 0.3) is 11.3 Å². The van der Waals surface area contributed by atoms with Crippen LogP contribution in [0.2, 0.25) is 0 Å². The summed E-state index contributed by atoms with van der Waals surface area (Å²) in [6.07, 6.45) is 4.42. The highest BCUT2D eigenvalue weighted by Gasteiger charge is 2.65. The Hall–Kier alpha value is -3.35. The van der Waals surface area contributed by atoms with Gasteiger partial charge >= 0.3 is 0 Å². The highest BCUT2D eigenvalue weighted by Crippen LogP contribution is 2.69. The summed E-state index contributed by atoms with van der Waals surface area (Å²) in [5.41, 5.74) is 5.29. The fraction of sp³-hybridized carbons (Fsp3) is 0.346. The highest BCUT2D eigenvalue weighted by molar-refractivity contribution is 6.14. The fourth-order valence-electron chi connectivity index (χ4n) is 6.22. The van der Waals surface area contributed by atoms with E-state index in [4.69, 9.17) is 4.98 Å². The standard InChI is InChI=1S/C26H23F2N5/c1-14-11-20(31-30-14)15-8-10-29-22(12-15)26-9-7-17(25(26,2)3)16-13-21(32-33-24(16)26)23-18(27)5-4-6-19(23)28/h4-6,8,10,12-13,17H,7,9,11H2,1-3H3/t17-,26-/m0/s1. The van der Waals surface area contributed by atoms with Gasteiger partial charge in [0, 0.05) is 23.9 Å². The second-order valence-electron chi connectivity index (χ2n) is 9.84. The topological polar surface area (TPSA) is 63.4 Å². The maximum absolute atomic E-state index is 14.4. The first kappa shape index (κ1) is 20.3. The Bertz CT molecular complexity index is 1360. The van der Waals surface area contributed by atoms with Crippen molar-refractivity contribution in [3.63, 3.8) is 0 Å². The van der Waals surface area contributed by atoms with Gasteiger partial charge in [0.1, 0.15) is 11.6 Å². The van der Waals surface area contributed by atoms with Crippen LogP contribution in [0.4, 0.5) is 8.78 Å². The van der Waals surface area contributed by atoms with Crippen LogP contribution >= 0.6 is 0 Å². The summed E-state index contributed by atoms with van der Waals surface area (Å²) in [6.45, 7) is 6.45. The van der Waals surface area contributed by atoms with Crippen molar-refractivity contribution in [2.45, 2.75) is 51.4 Å². The molecule has 33 heavy (non-hydrogen) atoms. The van der Waals surface area contributed by atoms with Crippen molar-refractivity contribution in [3.05, 3.63) is 76.7 Å². The van der Waals surface area contributed by atoms with Gasteiger partial charge in [0.2, 0.25) is 0 Å². The molecule has 0 N–H and O–H groups in total. The number of rotatable bonds is 3. The summed E-state index contributed by atoms with van der Waals surface area (Å²) in [5.74, 6) is -1.06. The molecule has 2 atom stereocenters. The highest BCUT2D eigenvalue weighted by atomic mass is 19.1. The van der Waals surface area contributed by atoms with Gasteiger partial charge in [-0.05, 0) is 67.0 Å². The van der Waals surface area contributed by atoms with E-state index in [9.17, 15) is 8.78 Å². The van der Waals surface area contributed by atoms with Crippen LogP contribution in [0.5, 0.6) is 0 Å². The zero-order valence-corrected chi connectivity index (χ0v) is 18.7. The number of fused-ring (bicyclic) bond motifs is 5. The molecule has 1 saturated carbocycles. The Kier molecular flexibility index (Phi) is 4.19. The summed E-state index contributed by atoms with van der Waals surface area (Å²) in [5, 5.41) is 17.4. The van der Waals surface area contributed by atoms with E-state index in [1.165, 1.54) is 18.2 Å². The number of pyridine rings is 1. The number of aromatic nitrogens is 3. The third-order valence-electron chi connectivity index (χ3n) is 7.90. The summed E-state index contributed by atoms with van der Waals surface area (Å²) in [7, 11) is 0. The summed E-state index contributed by atoms with van der Waals surface area (Å²) >= 11 is 0. The maximum atomic E-state index is 14.4. The van der Waals surface area contributed by atoms with Crippen molar-refractivity contribution < 1.29 is 8.78 Å². The lowest BCUT2D eigenvalue weighted by Crippen LogP contribution is -2.38. The zero-order chi connectivity index (χ0) is 23.0. The molecule has 3 heterocycles. The molecule has 2 aromatic heterocycles. The van der Waals surface area contributed by atoms with Gasteiger partial charge in [0.15, 0.2) is 0 Å². The molecule has 0 amide bonds. The minimum absolute atomic E-state index is 0.128. The number of hydrogen-bond acceptors (Lipinski definition) is 5. The largest absolute Gasteiger partial charge is 0.260 e. The van der Waals surface area contributed by atoms with E-state index in [2.05, 4.69) is 40.3 Å². The van der Waals surface area contributed by atoms with E-state index in [-0.39, 0.29) is 22.6 Å². The Labute approximate surface area is 190 Å². The minimum Gasteiger partial charge on any atom is -0.260 e. The van der Waals surface area contributed by atoms with Crippen LogP contribution in [0.15, 0.2) is 52.8 Å². The van der Waals surface area contributed by atoms with Crippen molar-refractivity contribution in [2.24, 2.45) is 15.6 Å². The molecule has 0 unspecified atom stereocenters. The van der Waals surface area contributed by atoms with E-state index in [1.54, 1.807) is 0 Å². The van der Waals surface area contributed by atoms with Crippen LogP contribution in [0, 0.1) is 17.0 Å². The van der Waals surface area contributed by atoms with E-state index >= 15 is 0 Å². The minimum atomic E-state index is -0.634. The normalized spacial score (nSPS) is 24.6. The van der Waals surface area contributed by atoms with Gasteiger partial charge in [-0.2, -0.15) is 15.3 Å². The molecule has 5 nitrogen and oxygen atoms in total. The van der Waals surface area contributed by atoms with Gasteiger partial charge in [-0.1, -0.05) is 19.9 Å². The van der Waals surface area contributed by atoms with Gasteiger partial charge in [-0.3, -0.25) is 4.98 Å². The molecule has 1 fully saturated rings. The van der Waals surface area contributed by atoms with Gasteiger partial charge in [-0.25, -0.2) is 8.78 Å². The first-order valence-electron chi connectivity index (χ1n) is 11.2. The quantitative estimate of drug-likeness (QED) is 0.530. The van der Waals surface area contributed by atoms with Gasteiger partial charge in [-0.15, -0.1) is 5.10 Å². The number of nitrogens with zero attached hydrogens (tertiary/aromatic N) is 5. The molecule has 0 spiro atoms. The monoisotopic (exact) mass is 443 g/mol. The van der Waals surface area contributed by atoms with Crippen LogP contribution in [-0.4, -0.2) is 26.6 Å². The predicted octanol–water partition coefficient (Wildman–Crippen LogP) is 5.59. The molecule has 3 aliphatic rings. The van der Waals surface area contributed by atoms with Crippen molar-refractivity contribution in [1.29, 1.82) is 0 Å².